The average molecular weight is 371 g/mol. The highest BCUT2D eigenvalue weighted by molar-refractivity contribution is 5.94. The van der Waals surface area contributed by atoms with Crippen LogP contribution >= 0.6 is 0 Å². The SMILES string of the molecule is CC(C)(C)C#Cc1cccc2c(N)nn(-c3ccnc(Nc4cn[nH]c4)c3)c12. The molecule has 1 aromatic carbocycles. The molecule has 0 aliphatic carbocycles. The number of nitrogens with two attached hydrogens (primary N) is 1. The van der Waals surface area contributed by atoms with E-state index in [-0.39, 0.29) is 5.41 Å². The number of nitrogens with zero attached hydrogens (tertiary/aromatic N) is 4. The summed E-state index contributed by atoms with van der Waals surface area (Å²) in [5, 5.41) is 15.3. The number of nitrogen functional groups attached to an aromatic ring is 1. The van der Waals surface area contributed by atoms with E-state index >= 15 is 0 Å². The van der Waals surface area contributed by atoms with Gasteiger partial charge in [-0.15, -0.1) is 5.10 Å². The van der Waals surface area contributed by atoms with Gasteiger partial charge in [0.15, 0.2) is 5.82 Å². The zero-order chi connectivity index (χ0) is 19.7. The third-order valence-electron chi connectivity index (χ3n) is 4.06. The molecule has 0 saturated carbocycles. The second-order valence-corrected chi connectivity index (χ2v) is 7.51. The van der Waals surface area contributed by atoms with E-state index in [4.69, 9.17) is 5.73 Å². The van der Waals surface area contributed by atoms with Crippen molar-refractivity contribution in [3.8, 4) is 17.5 Å². The Labute approximate surface area is 163 Å². The fourth-order valence-corrected chi connectivity index (χ4v) is 2.82. The molecular weight excluding hydrogens is 350 g/mol. The highest BCUT2D eigenvalue weighted by Crippen LogP contribution is 2.28. The van der Waals surface area contributed by atoms with Gasteiger partial charge in [-0.25, -0.2) is 9.67 Å². The molecule has 7 heteroatoms. The molecule has 0 saturated heterocycles. The van der Waals surface area contributed by atoms with Gasteiger partial charge < -0.3 is 11.1 Å². The van der Waals surface area contributed by atoms with Crippen LogP contribution < -0.4 is 11.1 Å². The first-order valence-corrected chi connectivity index (χ1v) is 8.93. The lowest BCUT2D eigenvalue weighted by atomic mass is 9.97. The van der Waals surface area contributed by atoms with Crippen molar-refractivity contribution >= 4 is 28.2 Å². The molecule has 0 aliphatic heterocycles. The molecule has 0 amide bonds. The summed E-state index contributed by atoms with van der Waals surface area (Å²) in [4.78, 5) is 4.36. The van der Waals surface area contributed by atoms with Crippen molar-refractivity contribution in [3.05, 3.63) is 54.5 Å². The van der Waals surface area contributed by atoms with Gasteiger partial charge in [0.05, 0.1) is 28.7 Å². The molecule has 4 aromatic rings. The topological polar surface area (TPSA) is 97.4 Å². The van der Waals surface area contributed by atoms with Gasteiger partial charge in [-0.2, -0.15) is 5.10 Å². The van der Waals surface area contributed by atoms with E-state index in [1.165, 1.54) is 0 Å². The van der Waals surface area contributed by atoms with E-state index in [9.17, 15) is 0 Å². The van der Waals surface area contributed by atoms with Crippen LogP contribution in [-0.2, 0) is 0 Å². The molecule has 28 heavy (non-hydrogen) atoms. The van der Waals surface area contributed by atoms with Crippen LogP contribution in [0.1, 0.15) is 26.3 Å². The van der Waals surface area contributed by atoms with Crippen molar-refractivity contribution < 1.29 is 0 Å². The average Bonchev–Trinajstić information content (AvgIpc) is 3.28. The molecule has 0 fully saturated rings. The van der Waals surface area contributed by atoms with Crippen LogP contribution in [-0.4, -0.2) is 25.0 Å². The molecule has 0 bridgehead atoms. The number of aromatic amines is 1. The van der Waals surface area contributed by atoms with Crippen molar-refractivity contribution in [2.45, 2.75) is 20.8 Å². The Hall–Kier alpha value is -3.79. The van der Waals surface area contributed by atoms with Crippen LogP contribution in [0.15, 0.2) is 48.9 Å². The number of nitrogens with one attached hydrogen (secondary N) is 2. The third-order valence-corrected chi connectivity index (χ3v) is 4.06. The molecule has 4 N–H and O–H groups in total. The molecule has 0 spiro atoms. The maximum absolute atomic E-state index is 6.19. The number of para-hydroxylation sites is 1. The summed E-state index contributed by atoms with van der Waals surface area (Å²) in [5.41, 5.74) is 9.53. The summed E-state index contributed by atoms with van der Waals surface area (Å²) >= 11 is 0. The summed E-state index contributed by atoms with van der Waals surface area (Å²) in [6.45, 7) is 6.26. The minimum Gasteiger partial charge on any atom is -0.382 e. The Morgan fingerprint density at radius 3 is 2.82 bits per heavy atom. The highest BCUT2D eigenvalue weighted by Gasteiger charge is 2.14. The third kappa shape index (κ3) is 3.53. The van der Waals surface area contributed by atoms with E-state index in [1.807, 2.05) is 35.0 Å². The Bertz CT molecular complexity index is 1190. The standard InChI is InChI=1S/C21H21N7/c1-21(2,3)9-7-14-5-4-6-17-19(14)28(27-20(17)22)16-8-10-23-18(11-16)26-15-12-24-25-13-15/h4-6,8,10-13H,1-3H3,(H2,22,27)(H,23,26)(H,24,25). The zero-order valence-corrected chi connectivity index (χ0v) is 16.0. The normalized spacial score (nSPS) is 11.2. The van der Waals surface area contributed by atoms with Crippen molar-refractivity contribution in [2.75, 3.05) is 11.1 Å². The number of anilines is 3. The number of benzene rings is 1. The van der Waals surface area contributed by atoms with Gasteiger partial charge >= 0.3 is 0 Å². The van der Waals surface area contributed by atoms with Gasteiger partial charge in [0.25, 0.3) is 0 Å². The molecule has 0 aliphatic rings. The van der Waals surface area contributed by atoms with Gasteiger partial charge in [0, 0.05) is 29.3 Å². The molecule has 3 aromatic heterocycles. The van der Waals surface area contributed by atoms with Crippen molar-refractivity contribution in [2.24, 2.45) is 5.41 Å². The number of hydrogen-bond donors (Lipinski definition) is 3. The number of fused-ring (bicyclic) bond motifs is 1. The lowest BCUT2D eigenvalue weighted by molar-refractivity contribution is 0.571. The number of rotatable bonds is 3. The molecule has 0 radical (unpaired) electrons. The zero-order valence-electron chi connectivity index (χ0n) is 16.0. The first kappa shape index (κ1) is 17.6. The largest absolute Gasteiger partial charge is 0.382 e. The van der Waals surface area contributed by atoms with Crippen LogP contribution in [0.2, 0.25) is 0 Å². The van der Waals surface area contributed by atoms with Gasteiger partial charge in [-0.1, -0.05) is 17.9 Å². The molecule has 3 heterocycles. The van der Waals surface area contributed by atoms with Crippen molar-refractivity contribution in [1.29, 1.82) is 0 Å². The number of aromatic nitrogens is 5. The van der Waals surface area contributed by atoms with E-state index in [0.29, 0.717) is 11.6 Å². The van der Waals surface area contributed by atoms with Gasteiger partial charge in [0.2, 0.25) is 0 Å². The second kappa shape index (κ2) is 6.74. The first-order chi connectivity index (χ1) is 13.4. The van der Waals surface area contributed by atoms with E-state index < -0.39 is 0 Å². The number of hydrogen-bond acceptors (Lipinski definition) is 5. The smallest absolute Gasteiger partial charge is 0.153 e. The van der Waals surface area contributed by atoms with Gasteiger partial charge in [0.1, 0.15) is 5.82 Å². The van der Waals surface area contributed by atoms with E-state index in [1.54, 1.807) is 18.6 Å². The number of pyridine rings is 1. The van der Waals surface area contributed by atoms with Gasteiger partial charge in [-0.3, -0.25) is 5.10 Å². The van der Waals surface area contributed by atoms with E-state index in [0.717, 1.165) is 27.8 Å². The minimum atomic E-state index is -0.100. The Morgan fingerprint density at radius 1 is 1.21 bits per heavy atom. The predicted octanol–water partition coefficient (Wildman–Crippen LogP) is 3.87. The molecule has 140 valence electrons. The monoisotopic (exact) mass is 371 g/mol. The quantitative estimate of drug-likeness (QED) is 0.475. The van der Waals surface area contributed by atoms with Crippen LogP contribution in [0.4, 0.5) is 17.3 Å². The molecular formula is C21H21N7. The molecule has 7 nitrogen and oxygen atoms in total. The minimum absolute atomic E-state index is 0.100. The Kier molecular flexibility index (Phi) is 4.24. The Balaban J connectivity index is 1.84. The molecule has 4 rings (SSSR count). The summed E-state index contributed by atoms with van der Waals surface area (Å²) in [6, 6.07) is 9.70. The van der Waals surface area contributed by atoms with Crippen LogP contribution in [0.3, 0.4) is 0 Å². The summed E-state index contributed by atoms with van der Waals surface area (Å²) in [5.74, 6) is 7.73. The van der Waals surface area contributed by atoms with Gasteiger partial charge in [-0.05, 0) is 39.0 Å². The summed E-state index contributed by atoms with van der Waals surface area (Å²) in [6.07, 6.45) is 5.18. The molecule has 0 atom stereocenters. The predicted molar refractivity (Wildman–Crippen MR) is 111 cm³/mol. The van der Waals surface area contributed by atoms with Crippen LogP contribution in [0.5, 0.6) is 0 Å². The first-order valence-electron chi connectivity index (χ1n) is 8.93. The molecule has 0 unspecified atom stereocenters. The van der Waals surface area contributed by atoms with Crippen LogP contribution in [0.25, 0.3) is 16.6 Å². The maximum atomic E-state index is 6.19. The van der Waals surface area contributed by atoms with Crippen molar-refractivity contribution in [3.63, 3.8) is 0 Å². The second-order valence-electron chi connectivity index (χ2n) is 7.51. The lowest BCUT2D eigenvalue weighted by Crippen LogP contribution is -2.02. The lowest BCUT2D eigenvalue weighted by Gasteiger charge is -2.09. The summed E-state index contributed by atoms with van der Waals surface area (Å²) in [7, 11) is 0. The Morgan fingerprint density at radius 2 is 2.07 bits per heavy atom. The fraction of sp³-hybridized carbons (Fsp3) is 0.190. The highest BCUT2D eigenvalue weighted by atomic mass is 15.3. The van der Waals surface area contributed by atoms with E-state index in [2.05, 4.69) is 58.2 Å². The van der Waals surface area contributed by atoms with Crippen LogP contribution in [0, 0.1) is 17.3 Å². The number of H-pyrrole nitrogens is 1. The fourth-order valence-electron chi connectivity index (χ4n) is 2.82. The summed E-state index contributed by atoms with van der Waals surface area (Å²) < 4.78 is 1.82. The van der Waals surface area contributed by atoms with Crippen molar-refractivity contribution in [1.82, 2.24) is 25.0 Å². The maximum Gasteiger partial charge on any atom is 0.153 e.